The molecule has 0 saturated carbocycles. The molecule has 2 unspecified atom stereocenters. The fraction of sp³-hybridized carbons (Fsp3) is 0.357. The number of benzene rings is 1. The number of nitrogens with zero attached hydrogens (tertiary/aromatic N) is 1. The summed E-state index contributed by atoms with van der Waals surface area (Å²) in [5.74, 6) is -0.651. The lowest BCUT2D eigenvalue weighted by molar-refractivity contribution is -0.388. The molecule has 0 aromatic heterocycles. The van der Waals surface area contributed by atoms with E-state index in [1.807, 2.05) is 0 Å². The van der Waals surface area contributed by atoms with Crippen LogP contribution in [0.5, 0.6) is 0 Å². The number of rotatable bonds is 6. The van der Waals surface area contributed by atoms with Crippen LogP contribution < -0.4 is 5.32 Å². The van der Waals surface area contributed by atoms with Gasteiger partial charge in [0.15, 0.2) is 0 Å². The molecular formula is C14H15F3N2O4S. The van der Waals surface area contributed by atoms with Gasteiger partial charge in [0.05, 0.1) is 10.2 Å². The maximum atomic E-state index is 12.9. The van der Waals surface area contributed by atoms with Crippen LogP contribution in [-0.4, -0.2) is 26.6 Å². The third-order valence-corrected chi connectivity index (χ3v) is 4.17. The molecule has 0 saturated heterocycles. The molecule has 0 aliphatic carbocycles. The van der Waals surface area contributed by atoms with Crippen molar-refractivity contribution in [3.8, 4) is 0 Å². The van der Waals surface area contributed by atoms with Gasteiger partial charge >= 0.3 is 6.18 Å². The van der Waals surface area contributed by atoms with Crippen molar-refractivity contribution in [2.45, 2.75) is 30.7 Å². The number of thioether (sulfide) groups is 1. The highest BCUT2D eigenvalue weighted by Gasteiger charge is 2.38. The summed E-state index contributed by atoms with van der Waals surface area (Å²) in [7, 11) is 0. The molecule has 1 rings (SSSR count). The second-order valence-corrected chi connectivity index (χ2v) is 6.38. The van der Waals surface area contributed by atoms with Crippen LogP contribution in [0.2, 0.25) is 0 Å². The van der Waals surface area contributed by atoms with Gasteiger partial charge in [-0.15, -0.1) is 11.8 Å². The van der Waals surface area contributed by atoms with E-state index in [0.29, 0.717) is 17.7 Å². The van der Waals surface area contributed by atoms with Gasteiger partial charge in [-0.2, -0.15) is 13.2 Å². The number of aliphatic hydroxyl groups is 1. The highest BCUT2D eigenvalue weighted by molar-refractivity contribution is 8.01. The van der Waals surface area contributed by atoms with Gasteiger partial charge in [-0.05, 0) is 31.6 Å². The van der Waals surface area contributed by atoms with E-state index < -0.39 is 38.9 Å². The first-order valence-electron chi connectivity index (χ1n) is 6.59. The van der Waals surface area contributed by atoms with Crippen LogP contribution in [0, 0.1) is 10.1 Å². The minimum Gasteiger partial charge on any atom is -0.378 e. The standard InChI is InChI=1S/C14H15F3N2O4S/c1-7(2)13(21)24-8(3)12(20)18-9-4-5-11(19(22)23)10(6-9)14(15,16)17/h4-6,8,13,21H,1H2,2-3H3,(H,18,20). The third-order valence-electron chi connectivity index (χ3n) is 2.89. The SMILES string of the molecule is C=C(C)C(O)SC(C)C(=O)Nc1ccc([N+](=O)[O-])c(C(F)(F)F)c1. The lowest BCUT2D eigenvalue weighted by Gasteiger charge is -2.16. The summed E-state index contributed by atoms with van der Waals surface area (Å²) < 4.78 is 38.6. The van der Waals surface area contributed by atoms with Crippen molar-refractivity contribution in [3.63, 3.8) is 0 Å². The minimum atomic E-state index is -4.93. The summed E-state index contributed by atoms with van der Waals surface area (Å²) in [5.41, 5.74) is -3.34. The van der Waals surface area contributed by atoms with Gasteiger partial charge in [-0.25, -0.2) is 0 Å². The molecule has 24 heavy (non-hydrogen) atoms. The highest BCUT2D eigenvalue weighted by Crippen LogP contribution is 2.37. The smallest absolute Gasteiger partial charge is 0.378 e. The van der Waals surface area contributed by atoms with Gasteiger partial charge < -0.3 is 10.4 Å². The summed E-state index contributed by atoms with van der Waals surface area (Å²) in [6, 6.07) is 2.19. The van der Waals surface area contributed by atoms with Crippen molar-refractivity contribution in [2.24, 2.45) is 0 Å². The molecule has 1 aromatic carbocycles. The second kappa shape index (κ2) is 7.67. The number of nitro groups is 1. The number of hydrogen-bond acceptors (Lipinski definition) is 5. The van der Waals surface area contributed by atoms with Gasteiger partial charge in [0, 0.05) is 11.8 Å². The van der Waals surface area contributed by atoms with Crippen LogP contribution in [0.15, 0.2) is 30.4 Å². The van der Waals surface area contributed by atoms with Gasteiger partial charge in [0.25, 0.3) is 5.69 Å². The first kappa shape index (κ1) is 20.0. The Balaban J connectivity index is 2.98. The summed E-state index contributed by atoms with van der Waals surface area (Å²) in [6.07, 6.45) is -4.93. The van der Waals surface area contributed by atoms with E-state index in [1.54, 1.807) is 6.92 Å². The molecule has 6 nitrogen and oxygen atoms in total. The van der Waals surface area contributed by atoms with Crippen molar-refractivity contribution in [3.05, 3.63) is 46.0 Å². The van der Waals surface area contributed by atoms with Gasteiger partial charge in [-0.3, -0.25) is 14.9 Å². The highest BCUT2D eigenvalue weighted by atomic mass is 32.2. The number of carbonyl (C=O) groups excluding carboxylic acids is 1. The summed E-state index contributed by atoms with van der Waals surface area (Å²) in [5, 5.41) is 21.8. The average molecular weight is 364 g/mol. The molecule has 0 aliphatic heterocycles. The Hall–Kier alpha value is -2.07. The van der Waals surface area contributed by atoms with Crippen LogP contribution >= 0.6 is 11.8 Å². The largest absolute Gasteiger partial charge is 0.423 e. The molecule has 132 valence electrons. The molecular weight excluding hydrogens is 349 g/mol. The van der Waals surface area contributed by atoms with E-state index in [-0.39, 0.29) is 5.69 Å². The average Bonchev–Trinajstić information content (AvgIpc) is 2.45. The summed E-state index contributed by atoms with van der Waals surface area (Å²) in [6.45, 7) is 6.55. The molecule has 0 spiro atoms. The zero-order valence-electron chi connectivity index (χ0n) is 12.8. The maximum absolute atomic E-state index is 12.9. The lowest BCUT2D eigenvalue weighted by atomic mass is 10.1. The number of nitrogens with one attached hydrogen (secondary N) is 1. The fourth-order valence-electron chi connectivity index (χ4n) is 1.62. The molecule has 10 heteroatoms. The fourth-order valence-corrected chi connectivity index (χ4v) is 2.42. The number of anilines is 1. The van der Waals surface area contributed by atoms with Crippen LogP contribution in [0.25, 0.3) is 0 Å². The van der Waals surface area contributed by atoms with Crippen LogP contribution in [0.3, 0.4) is 0 Å². The van der Waals surface area contributed by atoms with Crippen molar-refractivity contribution in [1.29, 1.82) is 0 Å². The number of alkyl halides is 3. The summed E-state index contributed by atoms with van der Waals surface area (Å²) in [4.78, 5) is 21.5. The first-order chi connectivity index (χ1) is 10.9. The monoisotopic (exact) mass is 364 g/mol. The van der Waals surface area contributed by atoms with Gasteiger partial charge in [0.2, 0.25) is 5.91 Å². The zero-order valence-corrected chi connectivity index (χ0v) is 13.6. The molecule has 0 aliphatic rings. The Bertz CT molecular complexity index is 664. The van der Waals surface area contributed by atoms with E-state index in [9.17, 15) is 33.2 Å². The van der Waals surface area contributed by atoms with Crippen LogP contribution in [0.1, 0.15) is 19.4 Å². The van der Waals surface area contributed by atoms with Crippen molar-refractivity contribution in [1.82, 2.24) is 0 Å². The predicted octanol–water partition coefficient (Wildman–Crippen LogP) is 3.57. The van der Waals surface area contributed by atoms with Crippen molar-refractivity contribution >= 4 is 29.0 Å². The van der Waals surface area contributed by atoms with Crippen LogP contribution in [-0.2, 0) is 11.0 Å². The molecule has 2 atom stereocenters. The van der Waals surface area contributed by atoms with Gasteiger partial charge in [0.1, 0.15) is 11.0 Å². The summed E-state index contributed by atoms with van der Waals surface area (Å²) >= 11 is 0.866. The van der Waals surface area contributed by atoms with E-state index in [0.717, 1.165) is 17.8 Å². The second-order valence-electron chi connectivity index (χ2n) is 4.95. The quantitative estimate of drug-likeness (QED) is 0.348. The molecule has 0 radical (unpaired) electrons. The first-order valence-corrected chi connectivity index (χ1v) is 7.53. The lowest BCUT2D eigenvalue weighted by Crippen LogP contribution is -2.25. The van der Waals surface area contributed by atoms with E-state index >= 15 is 0 Å². The number of carbonyl (C=O) groups is 1. The Morgan fingerprint density at radius 3 is 2.50 bits per heavy atom. The van der Waals surface area contributed by atoms with E-state index in [4.69, 9.17) is 0 Å². The van der Waals surface area contributed by atoms with Crippen LogP contribution in [0.4, 0.5) is 24.5 Å². The van der Waals surface area contributed by atoms with E-state index in [2.05, 4.69) is 11.9 Å². The Labute approximate surface area is 139 Å². The molecule has 2 N–H and O–H groups in total. The number of amides is 1. The van der Waals surface area contributed by atoms with Crippen molar-refractivity contribution in [2.75, 3.05) is 5.32 Å². The molecule has 0 heterocycles. The molecule has 1 amide bonds. The maximum Gasteiger partial charge on any atom is 0.423 e. The minimum absolute atomic E-state index is 0.227. The van der Waals surface area contributed by atoms with E-state index in [1.165, 1.54) is 6.92 Å². The van der Waals surface area contributed by atoms with Crippen molar-refractivity contribution < 1.29 is 28.0 Å². The Morgan fingerprint density at radius 2 is 2.04 bits per heavy atom. The number of halogens is 3. The molecule has 0 fully saturated rings. The molecule has 1 aromatic rings. The topological polar surface area (TPSA) is 92.5 Å². The predicted molar refractivity (Wildman–Crippen MR) is 84.6 cm³/mol. The number of hydrogen-bond donors (Lipinski definition) is 2. The Morgan fingerprint density at radius 1 is 1.46 bits per heavy atom. The number of nitro benzene ring substituents is 1. The van der Waals surface area contributed by atoms with Gasteiger partial charge in [-0.1, -0.05) is 6.58 Å². The third kappa shape index (κ3) is 5.24. The number of aliphatic hydroxyl groups excluding tert-OH is 1. The molecule has 0 bridgehead atoms. The normalized spacial score (nSPS) is 13.9. The zero-order chi connectivity index (χ0) is 18.7. The Kier molecular flexibility index (Phi) is 6.38.